The van der Waals surface area contributed by atoms with Crippen molar-refractivity contribution in [3.8, 4) is 0 Å². The average molecular weight is 375 g/mol. The lowest BCUT2D eigenvalue weighted by atomic mass is 9.83. The van der Waals surface area contributed by atoms with E-state index in [1.54, 1.807) is 24.3 Å². The quantitative estimate of drug-likeness (QED) is 0.221. The second-order valence-corrected chi connectivity index (χ2v) is 6.92. The Kier molecular flexibility index (Phi) is 4.61. The van der Waals surface area contributed by atoms with Crippen molar-refractivity contribution in [3.05, 3.63) is 88.0 Å². The summed E-state index contributed by atoms with van der Waals surface area (Å²) in [5.41, 5.74) is 1.31. The summed E-state index contributed by atoms with van der Waals surface area (Å²) in [4.78, 5) is 35.6. The zero-order valence-electron chi connectivity index (χ0n) is 14.9. The van der Waals surface area contributed by atoms with Gasteiger partial charge < -0.3 is 4.74 Å². The zero-order valence-corrected chi connectivity index (χ0v) is 14.9. The number of fused-ring (bicyclic) bond motifs is 1. The third-order valence-electron chi connectivity index (χ3n) is 5.13. The highest BCUT2D eigenvalue weighted by Crippen LogP contribution is 2.30. The summed E-state index contributed by atoms with van der Waals surface area (Å²) in [7, 11) is 0. The molecule has 0 saturated carbocycles. The molecular weight excluding hydrogens is 358 g/mol. The van der Waals surface area contributed by atoms with Gasteiger partial charge in [0.15, 0.2) is 5.78 Å². The molecule has 0 unspecified atom stereocenters. The molecule has 1 aliphatic rings. The van der Waals surface area contributed by atoms with E-state index in [0.29, 0.717) is 12.0 Å². The predicted octanol–water partition coefficient (Wildman–Crippen LogP) is 3.96. The van der Waals surface area contributed by atoms with Crippen LogP contribution in [0.25, 0.3) is 10.8 Å². The van der Waals surface area contributed by atoms with Gasteiger partial charge in [0.05, 0.1) is 11.5 Å². The fraction of sp³-hybridized carbons (Fsp3) is 0.182. The molecule has 0 spiro atoms. The first-order valence-corrected chi connectivity index (χ1v) is 8.96. The van der Waals surface area contributed by atoms with Crippen molar-refractivity contribution in [3.63, 3.8) is 0 Å². The molecule has 1 saturated heterocycles. The maximum atomic E-state index is 13.1. The van der Waals surface area contributed by atoms with E-state index in [9.17, 15) is 19.7 Å². The van der Waals surface area contributed by atoms with Crippen LogP contribution in [0.15, 0.2) is 66.7 Å². The normalized spacial score (nSPS) is 18.8. The van der Waals surface area contributed by atoms with Gasteiger partial charge in [-0.2, -0.15) is 0 Å². The Hall–Kier alpha value is -3.54. The van der Waals surface area contributed by atoms with Crippen LogP contribution in [0.5, 0.6) is 0 Å². The molecule has 0 radical (unpaired) electrons. The van der Waals surface area contributed by atoms with E-state index in [1.807, 2.05) is 30.3 Å². The van der Waals surface area contributed by atoms with Crippen LogP contribution in [0.3, 0.4) is 0 Å². The molecule has 0 bridgehead atoms. The number of esters is 1. The lowest BCUT2D eigenvalue weighted by Crippen LogP contribution is -2.27. The number of hydrogen-bond donors (Lipinski definition) is 0. The van der Waals surface area contributed by atoms with Crippen LogP contribution in [-0.4, -0.2) is 23.3 Å². The molecule has 3 aromatic carbocycles. The number of hydrogen-bond acceptors (Lipinski definition) is 5. The van der Waals surface area contributed by atoms with Crippen molar-refractivity contribution in [2.75, 3.05) is 6.61 Å². The largest absolute Gasteiger partial charge is 0.465 e. The number of ether oxygens (including phenoxy) is 1. The van der Waals surface area contributed by atoms with Gasteiger partial charge in [-0.25, -0.2) is 0 Å². The molecule has 3 aromatic rings. The maximum absolute atomic E-state index is 13.1. The molecule has 6 heteroatoms. The second kappa shape index (κ2) is 7.23. The molecule has 2 atom stereocenters. The topological polar surface area (TPSA) is 86.5 Å². The van der Waals surface area contributed by atoms with Gasteiger partial charge in [-0.3, -0.25) is 19.7 Å². The summed E-state index contributed by atoms with van der Waals surface area (Å²) >= 11 is 0. The van der Waals surface area contributed by atoms with Crippen molar-refractivity contribution < 1.29 is 19.2 Å². The minimum absolute atomic E-state index is 0.00582. The number of ketones is 1. The number of carbonyl (C=O) groups excluding carboxylic acids is 2. The molecule has 0 aliphatic carbocycles. The van der Waals surface area contributed by atoms with Crippen LogP contribution in [0, 0.1) is 22.0 Å². The number of carbonyl (C=O) groups is 2. The van der Waals surface area contributed by atoms with Crippen LogP contribution in [0.4, 0.5) is 5.69 Å². The molecule has 28 heavy (non-hydrogen) atoms. The molecule has 1 aliphatic heterocycles. The number of non-ortho nitro benzene ring substituents is 1. The third-order valence-corrected chi connectivity index (χ3v) is 5.13. The minimum Gasteiger partial charge on any atom is -0.465 e. The molecule has 1 fully saturated rings. The lowest BCUT2D eigenvalue weighted by molar-refractivity contribution is -0.384. The van der Waals surface area contributed by atoms with E-state index in [4.69, 9.17) is 4.74 Å². The van der Waals surface area contributed by atoms with Crippen molar-refractivity contribution >= 4 is 28.2 Å². The number of nitro groups is 1. The molecular formula is C22H17NO5. The van der Waals surface area contributed by atoms with Crippen LogP contribution in [0.2, 0.25) is 0 Å². The standard InChI is InChI=1S/C22H17NO5/c24-21(17-8-7-15-3-1-2-4-16(15)12-17)20-18(13-28-22(20)25)11-14-5-9-19(10-6-14)23(26)27/h1-10,12,18,20H,11,13H2/t18-,20-/m0/s1. The highest BCUT2D eigenvalue weighted by molar-refractivity contribution is 6.11. The van der Waals surface area contributed by atoms with Gasteiger partial charge in [0.25, 0.3) is 5.69 Å². The first-order chi connectivity index (χ1) is 13.5. The number of nitrogens with zero attached hydrogens (tertiary/aromatic N) is 1. The first-order valence-electron chi connectivity index (χ1n) is 8.96. The van der Waals surface area contributed by atoms with E-state index in [-0.39, 0.29) is 24.0 Å². The van der Waals surface area contributed by atoms with E-state index < -0.39 is 16.8 Å². The van der Waals surface area contributed by atoms with Crippen molar-refractivity contribution in [1.29, 1.82) is 0 Å². The van der Waals surface area contributed by atoms with Gasteiger partial charge in [-0.1, -0.05) is 48.5 Å². The van der Waals surface area contributed by atoms with Crippen molar-refractivity contribution in [1.82, 2.24) is 0 Å². The summed E-state index contributed by atoms with van der Waals surface area (Å²) < 4.78 is 5.17. The number of Topliss-reactive ketones (excluding diaryl/α,β-unsaturated/α-hetero) is 1. The SMILES string of the molecule is O=C1OC[C@H](Cc2ccc([N+](=O)[O-])cc2)[C@H]1C(=O)c1ccc2ccccc2c1. The molecule has 140 valence electrons. The van der Waals surface area contributed by atoms with Crippen LogP contribution < -0.4 is 0 Å². The summed E-state index contributed by atoms with van der Waals surface area (Å²) in [5, 5.41) is 12.7. The number of benzene rings is 3. The van der Waals surface area contributed by atoms with Crippen LogP contribution in [0.1, 0.15) is 15.9 Å². The smallest absolute Gasteiger partial charge is 0.317 e. The summed E-state index contributed by atoms with van der Waals surface area (Å²) in [6.45, 7) is 0.166. The highest BCUT2D eigenvalue weighted by atomic mass is 16.6. The second-order valence-electron chi connectivity index (χ2n) is 6.92. The first kappa shape index (κ1) is 17.9. The Morgan fingerprint density at radius 1 is 1.04 bits per heavy atom. The van der Waals surface area contributed by atoms with Gasteiger partial charge in [-0.15, -0.1) is 0 Å². The Bertz CT molecular complexity index is 1070. The summed E-state index contributed by atoms with van der Waals surface area (Å²) in [6, 6.07) is 19.3. The lowest BCUT2D eigenvalue weighted by Gasteiger charge is -2.15. The maximum Gasteiger partial charge on any atom is 0.317 e. The molecule has 4 rings (SSSR count). The molecule has 0 aromatic heterocycles. The monoisotopic (exact) mass is 375 g/mol. The Labute approximate surface area is 160 Å². The van der Waals surface area contributed by atoms with Gasteiger partial charge in [-0.05, 0) is 28.8 Å². The minimum atomic E-state index is -0.864. The van der Waals surface area contributed by atoms with Gasteiger partial charge in [0.1, 0.15) is 5.92 Å². The van der Waals surface area contributed by atoms with Gasteiger partial charge >= 0.3 is 5.97 Å². The number of rotatable bonds is 5. The van der Waals surface area contributed by atoms with E-state index in [2.05, 4.69) is 0 Å². The number of cyclic esters (lactones) is 1. The van der Waals surface area contributed by atoms with E-state index in [0.717, 1.165) is 16.3 Å². The zero-order chi connectivity index (χ0) is 19.7. The Morgan fingerprint density at radius 3 is 2.46 bits per heavy atom. The molecule has 0 amide bonds. The fourth-order valence-corrected chi connectivity index (χ4v) is 3.64. The Balaban J connectivity index is 1.57. The van der Waals surface area contributed by atoms with Gasteiger partial charge in [0, 0.05) is 23.6 Å². The average Bonchev–Trinajstić information content (AvgIpc) is 3.07. The van der Waals surface area contributed by atoms with E-state index >= 15 is 0 Å². The third kappa shape index (κ3) is 3.36. The van der Waals surface area contributed by atoms with Gasteiger partial charge in [0.2, 0.25) is 0 Å². The van der Waals surface area contributed by atoms with Crippen LogP contribution >= 0.6 is 0 Å². The molecule has 0 N–H and O–H groups in total. The van der Waals surface area contributed by atoms with Crippen molar-refractivity contribution in [2.45, 2.75) is 6.42 Å². The number of nitro benzene ring substituents is 1. The van der Waals surface area contributed by atoms with Crippen molar-refractivity contribution in [2.24, 2.45) is 11.8 Å². The Morgan fingerprint density at radius 2 is 1.75 bits per heavy atom. The molecule has 1 heterocycles. The highest BCUT2D eigenvalue weighted by Gasteiger charge is 2.42. The predicted molar refractivity (Wildman–Crippen MR) is 103 cm³/mol. The fourth-order valence-electron chi connectivity index (χ4n) is 3.64. The summed E-state index contributed by atoms with van der Waals surface area (Å²) in [6.07, 6.45) is 0.438. The molecule has 6 nitrogen and oxygen atoms in total. The van der Waals surface area contributed by atoms with Crippen LogP contribution in [-0.2, 0) is 16.0 Å². The summed E-state index contributed by atoms with van der Waals surface area (Å²) in [5.74, 6) is -1.92. The van der Waals surface area contributed by atoms with E-state index in [1.165, 1.54) is 12.1 Å².